The van der Waals surface area contributed by atoms with Crippen molar-refractivity contribution in [1.82, 2.24) is 19.4 Å². The highest BCUT2D eigenvalue weighted by Crippen LogP contribution is 2.24. The van der Waals surface area contributed by atoms with Gasteiger partial charge in [-0.05, 0) is 29.8 Å². The maximum absolute atomic E-state index is 13.0. The molecule has 116 valence electrons. The van der Waals surface area contributed by atoms with E-state index in [-0.39, 0.29) is 5.82 Å². The fourth-order valence-corrected chi connectivity index (χ4v) is 3.05. The third-order valence-electron chi connectivity index (χ3n) is 4.24. The van der Waals surface area contributed by atoms with Crippen molar-refractivity contribution in [3.63, 3.8) is 0 Å². The van der Waals surface area contributed by atoms with Gasteiger partial charge in [-0.25, -0.2) is 9.37 Å². The fourth-order valence-electron chi connectivity index (χ4n) is 3.05. The minimum absolute atomic E-state index is 0.190. The summed E-state index contributed by atoms with van der Waals surface area (Å²) >= 11 is 0. The second-order valence-electron chi connectivity index (χ2n) is 5.78. The Bertz CT molecular complexity index is 796. The van der Waals surface area contributed by atoms with Gasteiger partial charge >= 0.3 is 0 Å². The molecule has 0 amide bonds. The predicted molar refractivity (Wildman–Crippen MR) is 86.0 cm³/mol. The van der Waals surface area contributed by atoms with Crippen molar-refractivity contribution in [1.29, 1.82) is 0 Å². The van der Waals surface area contributed by atoms with Gasteiger partial charge in [-0.15, -0.1) is 0 Å². The van der Waals surface area contributed by atoms with E-state index in [2.05, 4.69) is 19.4 Å². The SMILES string of the molecule is Fc1ccc(CN2CCn3c(-c4ccncc4)cnc3C2)cc1. The molecule has 0 unspecified atom stereocenters. The molecule has 3 heterocycles. The van der Waals surface area contributed by atoms with E-state index >= 15 is 0 Å². The van der Waals surface area contributed by atoms with Crippen molar-refractivity contribution in [2.45, 2.75) is 19.6 Å². The first kappa shape index (κ1) is 14.1. The monoisotopic (exact) mass is 308 g/mol. The lowest BCUT2D eigenvalue weighted by Crippen LogP contribution is -2.33. The molecule has 1 aromatic carbocycles. The minimum Gasteiger partial charge on any atom is -0.326 e. The molecular formula is C18H17FN4. The molecule has 0 fully saturated rings. The van der Waals surface area contributed by atoms with Gasteiger partial charge in [0, 0.05) is 37.6 Å². The molecule has 23 heavy (non-hydrogen) atoms. The van der Waals surface area contributed by atoms with Crippen LogP contribution in [0.2, 0.25) is 0 Å². The maximum atomic E-state index is 13.0. The second kappa shape index (κ2) is 5.93. The first-order valence-electron chi connectivity index (χ1n) is 7.71. The summed E-state index contributed by atoms with van der Waals surface area (Å²) in [7, 11) is 0. The Hall–Kier alpha value is -2.53. The lowest BCUT2D eigenvalue weighted by molar-refractivity contribution is 0.209. The number of hydrogen-bond donors (Lipinski definition) is 0. The lowest BCUT2D eigenvalue weighted by Gasteiger charge is -2.28. The molecule has 0 atom stereocenters. The van der Waals surface area contributed by atoms with Crippen LogP contribution in [0.3, 0.4) is 0 Å². The van der Waals surface area contributed by atoms with Crippen LogP contribution in [0.15, 0.2) is 55.0 Å². The van der Waals surface area contributed by atoms with E-state index in [0.717, 1.165) is 48.8 Å². The number of fused-ring (bicyclic) bond motifs is 1. The van der Waals surface area contributed by atoms with Crippen LogP contribution in [-0.4, -0.2) is 26.0 Å². The van der Waals surface area contributed by atoms with Crippen molar-refractivity contribution in [2.24, 2.45) is 0 Å². The average Bonchev–Trinajstić information content (AvgIpc) is 3.01. The predicted octanol–water partition coefficient (Wildman–Crippen LogP) is 3.10. The number of hydrogen-bond acceptors (Lipinski definition) is 3. The Kier molecular flexibility index (Phi) is 3.63. The molecule has 5 heteroatoms. The van der Waals surface area contributed by atoms with E-state index in [9.17, 15) is 4.39 Å². The van der Waals surface area contributed by atoms with E-state index in [0.29, 0.717) is 0 Å². The number of aromatic nitrogens is 3. The van der Waals surface area contributed by atoms with Gasteiger partial charge < -0.3 is 4.57 Å². The first-order valence-corrected chi connectivity index (χ1v) is 7.71. The Morgan fingerprint density at radius 1 is 1.00 bits per heavy atom. The van der Waals surface area contributed by atoms with Gasteiger partial charge in [0.15, 0.2) is 0 Å². The molecule has 0 saturated carbocycles. The number of nitrogens with zero attached hydrogens (tertiary/aromatic N) is 4. The molecule has 1 aliphatic heterocycles. The molecule has 4 nitrogen and oxygen atoms in total. The van der Waals surface area contributed by atoms with Crippen LogP contribution in [0.5, 0.6) is 0 Å². The number of rotatable bonds is 3. The summed E-state index contributed by atoms with van der Waals surface area (Å²) in [5, 5.41) is 0. The van der Waals surface area contributed by atoms with Crippen LogP contribution in [0.25, 0.3) is 11.3 Å². The molecule has 3 aromatic rings. The van der Waals surface area contributed by atoms with Crippen molar-refractivity contribution in [3.05, 3.63) is 72.2 Å². The summed E-state index contributed by atoms with van der Waals surface area (Å²) in [6, 6.07) is 10.7. The Labute approximate surface area is 134 Å². The molecule has 0 aliphatic carbocycles. The summed E-state index contributed by atoms with van der Waals surface area (Å²) < 4.78 is 15.3. The minimum atomic E-state index is -0.190. The zero-order valence-electron chi connectivity index (χ0n) is 12.7. The van der Waals surface area contributed by atoms with E-state index in [1.165, 1.54) is 12.1 Å². The zero-order valence-corrected chi connectivity index (χ0v) is 12.7. The van der Waals surface area contributed by atoms with Gasteiger partial charge in [0.2, 0.25) is 0 Å². The smallest absolute Gasteiger partial charge is 0.123 e. The molecule has 0 saturated heterocycles. The quantitative estimate of drug-likeness (QED) is 0.745. The zero-order chi connectivity index (χ0) is 15.6. The van der Waals surface area contributed by atoms with Crippen molar-refractivity contribution >= 4 is 0 Å². The van der Waals surface area contributed by atoms with E-state index in [1.807, 2.05) is 30.5 Å². The second-order valence-corrected chi connectivity index (χ2v) is 5.78. The molecule has 2 aromatic heterocycles. The third kappa shape index (κ3) is 2.87. The highest BCUT2D eigenvalue weighted by molar-refractivity contribution is 5.58. The van der Waals surface area contributed by atoms with E-state index in [1.54, 1.807) is 12.4 Å². The van der Waals surface area contributed by atoms with Gasteiger partial charge in [-0.1, -0.05) is 12.1 Å². The Morgan fingerprint density at radius 2 is 1.78 bits per heavy atom. The summed E-state index contributed by atoms with van der Waals surface area (Å²) in [5.41, 5.74) is 3.41. The number of pyridine rings is 1. The Balaban J connectivity index is 1.52. The summed E-state index contributed by atoms with van der Waals surface area (Å²) in [6.07, 6.45) is 5.55. The van der Waals surface area contributed by atoms with E-state index in [4.69, 9.17) is 0 Å². The number of imidazole rings is 1. The van der Waals surface area contributed by atoms with Crippen molar-refractivity contribution in [2.75, 3.05) is 6.54 Å². The number of benzene rings is 1. The van der Waals surface area contributed by atoms with Crippen LogP contribution in [0.4, 0.5) is 4.39 Å². The molecule has 0 spiro atoms. The lowest BCUT2D eigenvalue weighted by atomic mass is 10.2. The van der Waals surface area contributed by atoms with Crippen LogP contribution < -0.4 is 0 Å². The van der Waals surface area contributed by atoms with Gasteiger partial charge in [0.05, 0.1) is 18.4 Å². The van der Waals surface area contributed by atoms with Gasteiger partial charge in [0.1, 0.15) is 11.6 Å². The highest BCUT2D eigenvalue weighted by atomic mass is 19.1. The summed E-state index contributed by atoms with van der Waals surface area (Å²) in [6.45, 7) is 3.49. The van der Waals surface area contributed by atoms with Crippen LogP contribution in [0, 0.1) is 5.82 Å². The third-order valence-corrected chi connectivity index (χ3v) is 4.24. The highest BCUT2D eigenvalue weighted by Gasteiger charge is 2.20. The molecule has 4 rings (SSSR count). The summed E-state index contributed by atoms with van der Waals surface area (Å²) in [5.74, 6) is 0.884. The van der Waals surface area contributed by atoms with Crippen molar-refractivity contribution in [3.8, 4) is 11.3 Å². The van der Waals surface area contributed by atoms with E-state index < -0.39 is 0 Å². The Morgan fingerprint density at radius 3 is 2.57 bits per heavy atom. The average molecular weight is 308 g/mol. The molecule has 0 radical (unpaired) electrons. The summed E-state index contributed by atoms with van der Waals surface area (Å²) in [4.78, 5) is 11.0. The van der Waals surface area contributed by atoms with Crippen LogP contribution in [-0.2, 0) is 19.6 Å². The topological polar surface area (TPSA) is 34.0 Å². The normalized spacial score (nSPS) is 14.7. The maximum Gasteiger partial charge on any atom is 0.123 e. The standard InChI is InChI=1S/C18H17FN4/c19-16-3-1-14(2-4-16)12-22-9-10-23-17(11-21-18(23)13-22)15-5-7-20-8-6-15/h1-8,11H,9-10,12-13H2. The largest absolute Gasteiger partial charge is 0.326 e. The van der Waals surface area contributed by atoms with Crippen LogP contribution >= 0.6 is 0 Å². The first-order chi connectivity index (χ1) is 11.3. The number of halogens is 1. The fraction of sp³-hybridized carbons (Fsp3) is 0.222. The van der Waals surface area contributed by atoms with Gasteiger partial charge in [-0.3, -0.25) is 9.88 Å². The van der Waals surface area contributed by atoms with Gasteiger partial charge in [0.25, 0.3) is 0 Å². The molecule has 1 aliphatic rings. The molecule has 0 bridgehead atoms. The molecular weight excluding hydrogens is 291 g/mol. The van der Waals surface area contributed by atoms with Gasteiger partial charge in [-0.2, -0.15) is 0 Å². The van der Waals surface area contributed by atoms with Crippen LogP contribution in [0.1, 0.15) is 11.4 Å². The van der Waals surface area contributed by atoms with Crippen molar-refractivity contribution < 1.29 is 4.39 Å². The molecule has 0 N–H and O–H groups in total.